The van der Waals surface area contributed by atoms with Crippen LogP contribution in [0.2, 0.25) is 0 Å². The molecular formula is C17H24N4O. The Labute approximate surface area is 131 Å². The van der Waals surface area contributed by atoms with Gasteiger partial charge >= 0.3 is 6.01 Å². The van der Waals surface area contributed by atoms with E-state index in [2.05, 4.69) is 41.0 Å². The standard InChI is InChI=1S/C17H24N4O/c1-13(20(2)3)14-9-11-21(12-10-14)17-18-16(19-22-17)15-7-5-4-6-8-15/h4-8,13-14H,9-12H2,1-3H3/t13-/m0/s1. The van der Waals surface area contributed by atoms with E-state index in [4.69, 9.17) is 4.52 Å². The van der Waals surface area contributed by atoms with Crippen molar-refractivity contribution in [2.75, 3.05) is 32.1 Å². The molecule has 1 aromatic carbocycles. The van der Waals surface area contributed by atoms with E-state index in [0.29, 0.717) is 17.9 Å². The molecule has 5 nitrogen and oxygen atoms in total. The van der Waals surface area contributed by atoms with Crippen molar-refractivity contribution in [1.82, 2.24) is 15.0 Å². The first-order valence-electron chi connectivity index (χ1n) is 7.95. The first-order chi connectivity index (χ1) is 10.6. The van der Waals surface area contributed by atoms with Gasteiger partial charge in [0, 0.05) is 24.7 Å². The summed E-state index contributed by atoms with van der Waals surface area (Å²) in [7, 11) is 4.31. The van der Waals surface area contributed by atoms with Crippen molar-refractivity contribution >= 4 is 6.01 Å². The largest absolute Gasteiger partial charge is 0.324 e. The number of benzene rings is 1. The van der Waals surface area contributed by atoms with Crippen LogP contribution in [0.3, 0.4) is 0 Å². The average molecular weight is 300 g/mol. The van der Waals surface area contributed by atoms with Gasteiger partial charge in [-0.15, -0.1) is 0 Å². The second-order valence-corrected chi connectivity index (χ2v) is 6.30. The Morgan fingerprint density at radius 3 is 2.50 bits per heavy atom. The number of nitrogens with zero attached hydrogens (tertiary/aromatic N) is 4. The van der Waals surface area contributed by atoms with Crippen LogP contribution in [0, 0.1) is 5.92 Å². The number of hydrogen-bond acceptors (Lipinski definition) is 5. The van der Waals surface area contributed by atoms with E-state index in [1.54, 1.807) is 0 Å². The lowest BCUT2D eigenvalue weighted by molar-refractivity contribution is 0.196. The van der Waals surface area contributed by atoms with Gasteiger partial charge in [0.15, 0.2) is 0 Å². The molecule has 0 N–H and O–H groups in total. The van der Waals surface area contributed by atoms with Crippen LogP contribution in [0.5, 0.6) is 0 Å². The molecule has 118 valence electrons. The highest BCUT2D eigenvalue weighted by Gasteiger charge is 2.27. The smallest absolute Gasteiger partial charge is 0.324 e. The Kier molecular flexibility index (Phi) is 4.43. The van der Waals surface area contributed by atoms with Crippen molar-refractivity contribution in [2.45, 2.75) is 25.8 Å². The molecule has 0 amide bonds. The summed E-state index contributed by atoms with van der Waals surface area (Å²) in [5.41, 5.74) is 0.994. The van der Waals surface area contributed by atoms with E-state index in [9.17, 15) is 0 Å². The maximum absolute atomic E-state index is 5.46. The fourth-order valence-electron chi connectivity index (χ4n) is 3.04. The molecule has 0 radical (unpaired) electrons. The van der Waals surface area contributed by atoms with Gasteiger partial charge in [-0.2, -0.15) is 4.98 Å². The Balaban J connectivity index is 1.64. The molecule has 0 unspecified atom stereocenters. The predicted octanol–water partition coefficient (Wildman–Crippen LogP) is 2.90. The number of aromatic nitrogens is 2. The van der Waals surface area contributed by atoms with Crippen LogP contribution in [-0.4, -0.2) is 48.3 Å². The molecular weight excluding hydrogens is 276 g/mol. The minimum absolute atomic E-state index is 0.615. The summed E-state index contributed by atoms with van der Waals surface area (Å²) in [5.74, 6) is 1.40. The maximum Gasteiger partial charge on any atom is 0.324 e. The minimum Gasteiger partial charge on any atom is -0.324 e. The fourth-order valence-corrected chi connectivity index (χ4v) is 3.04. The first-order valence-corrected chi connectivity index (χ1v) is 7.95. The molecule has 1 aromatic heterocycles. The van der Waals surface area contributed by atoms with E-state index in [1.165, 1.54) is 12.8 Å². The van der Waals surface area contributed by atoms with Crippen LogP contribution in [-0.2, 0) is 0 Å². The highest BCUT2D eigenvalue weighted by molar-refractivity contribution is 5.55. The van der Waals surface area contributed by atoms with E-state index in [-0.39, 0.29) is 0 Å². The monoisotopic (exact) mass is 300 g/mol. The molecule has 0 spiro atoms. The van der Waals surface area contributed by atoms with Gasteiger partial charge in [0.2, 0.25) is 5.82 Å². The maximum atomic E-state index is 5.46. The summed E-state index contributed by atoms with van der Waals surface area (Å²) in [4.78, 5) is 9.06. The van der Waals surface area contributed by atoms with Crippen molar-refractivity contribution < 1.29 is 4.52 Å². The van der Waals surface area contributed by atoms with E-state index >= 15 is 0 Å². The second-order valence-electron chi connectivity index (χ2n) is 6.30. The van der Waals surface area contributed by atoms with Crippen molar-refractivity contribution in [3.63, 3.8) is 0 Å². The Hall–Kier alpha value is -1.88. The molecule has 0 saturated carbocycles. The summed E-state index contributed by atoms with van der Waals surface area (Å²) in [5, 5.41) is 4.11. The molecule has 1 aliphatic rings. The molecule has 2 heterocycles. The van der Waals surface area contributed by atoms with Gasteiger partial charge in [-0.1, -0.05) is 35.5 Å². The van der Waals surface area contributed by atoms with Crippen LogP contribution in [0.4, 0.5) is 6.01 Å². The number of anilines is 1. The van der Waals surface area contributed by atoms with Crippen molar-refractivity contribution in [1.29, 1.82) is 0 Å². The van der Waals surface area contributed by atoms with Gasteiger partial charge in [0.1, 0.15) is 0 Å². The van der Waals surface area contributed by atoms with Crippen LogP contribution in [0.25, 0.3) is 11.4 Å². The fraction of sp³-hybridized carbons (Fsp3) is 0.529. The van der Waals surface area contributed by atoms with Gasteiger partial charge in [-0.25, -0.2) is 0 Å². The predicted molar refractivity (Wildman–Crippen MR) is 87.8 cm³/mol. The van der Waals surface area contributed by atoms with E-state index in [0.717, 1.165) is 24.6 Å². The van der Waals surface area contributed by atoms with Crippen LogP contribution in [0.1, 0.15) is 19.8 Å². The van der Waals surface area contributed by atoms with Gasteiger partial charge in [0.25, 0.3) is 0 Å². The first kappa shape index (κ1) is 15.0. The van der Waals surface area contributed by atoms with Gasteiger partial charge < -0.3 is 14.3 Å². The van der Waals surface area contributed by atoms with Gasteiger partial charge in [-0.3, -0.25) is 0 Å². The lowest BCUT2D eigenvalue weighted by atomic mass is 9.90. The molecule has 0 bridgehead atoms. The normalized spacial score (nSPS) is 17.9. The Bertz CT molecular complexity index is 588. The third-order valence-electron chi connectivity index (χ3n) is 4.75. The van der Waals surface area contributed by atoms with E-state index < -0.39 is 0 Å². The molecule has 3 rings (SSSR count). The molecule has 1 fully saturated rings. The van der Waals surface area contributed by atoms with Crippen molar-refractivity contribution in [2.24, 2.45) is 5.92 Å². The van der Waals surface area contributed by atoms with Crippen molar-refractivity contribution in [3.8, 4) is 11.4 Å². The lowest BCUT2D eigenvalue weighted by Gasteiger charge is -2.36. The van der Waals surface area contributed by atoms with Gasteiger partial charge in [-0.05, 0) is 39.8 Å². The third-order valence-corrected chi connectivity index (χ3v) is 4.75. The SMILES string of the molecule is C[C@@H](C1CCN(c2nc(-c3ccccc3)no2)CC1)N(C)C. The molecule has 2 aromatic rings. The minimum atomic E-state index is 0.615. The molecule has 1 aliphatic heterocycles. The molecule has 1 saturated heterocycles. The topological polar surface area (TPSA) is 45.4 Å². The zero-order valence-electron chi connectivity index (χ0n) is 13.6. The van der Waals surface area contributed by atoms with Crippen LogP contribution < -0.4 is 4.90 Å². The molecule has 22 heavy (non-hydrogen) atoms. The number of rotatable bonds is 4. The lowest BCUT2D eigenvalue weighted by Crippen LogP contribution is -2.41. The second kappa shape index (κ2) is 6.48. The van der Waals surface area contributed by atoms with Crippen LogP contribution >= 0.6 is 0 Å². The van der Waals surface area contributed by atoms with Gasteiger partial charge in [0.05, 0.1) is 0 Å². The summed E-state index contributed by atoms with van der Waals surface area (Å²) in [6.07, 6.45) is 2.34. The third kappa shape index (κ3) is 3.14. The van der Waals surface area contributed by atoms with Crippen LogP contribution in [0.15, 0.2) is 34.9 Å². The molecule has 0 aliphatic carbocycles. The summed E-state index contributed by atoms with van der Waals surface area (Å²) in [6, 6.07) is 11.2. The Morgan fingerprint density at radius 1 is 1.18 bits per heavy atom. The number of piperidine rings is 1. The zero-order chi connectivity index (χ0) is 15.5. The number of hydrogen-bond donors (Lipinski definition) is 0. The molecule has 5 heteroatoms. The summed E-state index contributed by atoms with van der Waals surface area (Å²) >= 11 is 0. The van der Waals surface area contributed by atoms with Crippen molar-refractivity contribution in [3.05, 3.63) is 30.3 Å². The molecule has 1 atom stereocenters. The highest BCUT2D eigenvalue weighted by atomic mass is 16.5. The quantitative estimate of drug-likeness (QED) is 0.869. The summed E-state index contributed by atoms with van der Waals surface area (Å²) < 4.78 is 5.46. The average Bonchev–Trinajstić information content (AvgIpc) is 3.05. The summed E-state index contributed by atoms with van der Waals surface area (Å²) in [6.45, 7) is 4.28. The highest BCUT2D eigenvalue weighted by Crippen LogP contribution is 2.27. The van der Waals surface area contributed by atoms with E-state index in [1.807, 2.05) is 30.3 Å². The Morgan fingerprint density at radius 2 is 1.86 bits per heavy atom. The zero-order valence-corrected chi connectivity index (χ0v) is 13.6.